The van der Waals surface area contributed by atoms with E-state index in [0.717, 1.165) is 32.7 Å². The van der Waals surface area contributed by atoms with Gasteiger partial charge in [0, 0.05) is 31.9 Å². The van der Waals surface area contributed by atoms with Crippen molar-refractivity contribution in [3.8, 4) is 6.07 Å². The molecule has 1 aromatic carbocycles. The number of aliphatic imine (C=N–C) groups is 1. The minimum Gasteiger partial charge on any atom is -0.382 e. The SMILES string of the molecule is CCNC(=NCc1cc(C#N)ccc1F)NCC1(CCOCC)CCCC1. The molecule has 6 heteroatoms. The lowest BCUT2D eigenvalue weighted by molar-refractivity contribution is 0.105. The summed E-state index contributed by atoms with van der Waals surface area (Å²) in [6.07, 6.45) is 5.96. The number of halogens is 1. The molecule has 2 N–H and O–H groups in total. The molecular weight excluding hydrogens is 343 g/mol. The van der Waals surface area contributed by atoms with E-state index in [4.69, 9.17) is 10.00 Å². The van der Waals surface area contributed by atoms with Crippen molar-refractivity contribution in [3.05, 3.63) is 35.1 Å². The molecule has 0 unspecified atom stereocenters. The van der Waals surface area contributed by atoms with Crippen molar-refractivity contribution in [3.63, 3.8) is 0 Å². The second-order valence-electron chi connectivity index (χ2n) is 7.12. The number of nitriles is 1. The maximum Gasteiger partial charge on any atom is 0.191 e. The zero-order valence-electron chi connectivity index (χ0n) is 16.5. The Morgan fingerprint density at radius 3 is 2.74 bits per heavy atom. The van der Waals surface area contributed by atoms with E-state index in [2.05, 4.69) is 15.6 Å². The van der Waals surface area contributed by atoms with Crippen LogP contribution in [0.3, 0.4) is 0 Å². The predicted octanol–water partition coefficient (Wildman–Crippen LogP) is 3.74. The summed E-state index contributed by atoms with van der Waals surface area (Å²) in [4.78, 5) is 4.52. The zero-order valence-corrected chi connectivity index (χ0v) is 16.5. The lowest BCUT2D eigenvalue weighted by Crippen LogP contribution is -2.43. The van der Waals surface area contributed by atoms with Gasteiger partial charge in [-0.2, -0.15) is 5.26 Å². The van der Waals surface area contributed by atoms with E-state index in [1.807, 2.05) is 19.9 Å². The van der Waals surface area contributed by atoms with Crippen LogP contribution in [0.1, 0.15) is 57.1 Å². The molecule has 0 bridgehead atoms. The number of rotatable bonds is 9. The normalized spacial score (nSPS) is 16.1. The van der Waals surface area contributed by atoms with Gasteiger partial charge in [0.05, 0.1) is 18.2 Å². The lowest BCUT2D eigenvalue weighted by Gasteiger charge is -2.30. The number of benzene rings is 1. The average Bonchev–Trinajstić information content (AvgIpc) is 3.14. The summed E-state index contributed by atoms with van der Waals surface area (Å²) < 4.78 is 19.5. The minimum absolute atomic E-state index is 0.197. The molecular formula is C21H31FN4O. The van der Waals surface area contributed by atoms with Gasteiger partial charge >= 0.3 is 0 Å². The largest absolute Gasteiger partial charge is 0.382 e. The molecule has 2 rings (SSSR count). The van der Waals surface area contributed by atoms with Crippen molar-refractivity contribution in [2.45, 2.75) is 52.5 Å². The van der Waals surface area contributed by atoms with Gasteiger partial charge in [-0.15, -0.1) is 0 Å². The predicted molar refractivity (Wildman–Crippen MR) is 106 cm³/mol. The summed E-state index contributed by atoms with van der Waals surface area (Å²) >= 11 is 0. The first-order chi connectivity index (χ1) is 13.1. The first kappa shape index (κ1) is 21.2. The van der Waals surface area contributed by atoms with E-state index in [1.54, 1.807) is 6.07 Å². The Bertz CT molecular complexity index is 663. The summed E-state index contributed by atoms with van der Waals surface area (Å²) in [7, 11) is 0. The molecule has 0 spiro atoms. The van der Waals surface area contributed by atoms with E-state index >= 15 is 0 Å². The van der Waals surface area contributed by atoms with Crippen LogP contribution in [0.5, 0.6) is 0 Å². The van der Waals surface area contributed by atoms with Gasteiger partial charge < -0.3 is 15.4 Å². The average molecular weight is 375 g/mol. The summed E-state index contributed by atoms with van der Waals surface area (Å²) in [6, 6.07) is 6.40. The molecule has 0 aliphatic heterocycles. The third-order valence-corrected chi connectivity index (χ3v) is 5.20. The highest BCUT2D eigenvalue weighted by molar-refractivity contribution is 5.79. The first-order valence-corrected chi connectivity index (χ1v) is 9.91. The molecule has 0 atom stereocenters. The van der Waals surface area contributed by atoms with Crippen LogP contribution >= 0.6 is 0 Å². The van der Waals surface area contributed by atoms with Crippen LogP contribution in [-0.2, 0) is 11.3 Å². The summed E-state index contributed by atoms with van der Waals surface area (Å²) in [5.74, 6) is 0.347. The zero-order chi connectivity index (χ0) is 19.5. The second kappa shape index (κ2) is 10.9. The fourth-order valence-electron chi connectivity index (χ4n) is 3.62. The van der Waals surface area contributed by atoms with Crippen LogP contribution in [0.4, 0.5) is 4.39 Å². The van der Waals surface area contributed by atoms with Gasteiger partial charge in [0.15, 0.2) is 5.96 Å². The Balaban J connectivity index is 2.01. The van der Waals surface area contributed by atoms with Gasteiger partial charge in [0.1, 0.15) is 5.82 Å². The van der Waals surface area contributed by atoms with Gasteiger partial charge in [0.25, 0.3) is 0 Å². The molecule has 1 aromatic rings. The Morgan fingerprint density at radius 1 is 1.30 bits per heavy atom. The number of hydrogen-bond acceptors (Lipinski definition) is 3. The van der Waals surface area contributed by atoms with Crippen molar-refractivity contribution in [1.29, 1.82) is 5.26 Å². The maximum absolute atomic E-state index is 14.0. The van der Waals surface area contributed by atoms with Gasteiger partial charge in [0.2, 0.25) is 0 Å². The third kappa shape index (κ3) is 6.51. The second-order valence-corrected chi connectivity index (χ2v) is 7.12. The van der Waals surface area contributed by atoms with Crippen molar-refractivity contribution < 1.29 is 9.13 Å². The minimum atomic E-state index is -0.336. The van der Waals surface area contributed by atoms with Crippen LogP contribution in [0.15, 0.2) is 23.2 Å². The Morgan fingerprint density at radius 2 is 2.07 bits per heavy atom. The first-order valence-electron chi connectivity index (χ1n) is 9.91. The van der Waals surface area contributed by atoms with E-state index in [1.165, 1.54) is 37.8 Å². The number of hydrogen-bond donors (Lipinski definition) is 2. The van der Waals surface area contributed by atoms with Gasteiger partial charge in [-0.3, -0.25) is 0 Å². The number of nitrogens with one attached hydrogen (secondary N) is 2. The monoisotopic (exact) mass is 374 g/mol. The molecule has 1 fully saturated rings. The van der Waals surface area contributed by atoms with Gasteiger partial charge in [-0.25, -0.2) is 9.38 Å². The quantitative estimate of drug-likeness (QED) is 0.392. The third-order valence-electron chi connectivity index (χ3n) is 5.20. The van der Waals surface area contributed by atoms with E-state index < -0.39 is 0 Å². The molecule has 1 saturated carbocycles. The van der Waals surface area contributed by atoms with Crippen LogP contribution in [0.25, 0.3) is 0 Å². The van der Waals surface area contributed by atoms with E-state index in [0.29, 0.717) is 17.1 Å². The van der Waals surface area contributed by atoms with Crippen LogP contribution in [0.2, 0.25) is 0 Å². The smallest absolute Gasteiger partial charge is 0.191 e. The van der Waals surface area contributed by atoms with Crippen LogP contribution in [-0.4, -0.2) is 32.3 Å². The maximum atomic E-state index is 14.0. The summed E-state index contributed by atoms with van der Waals surface area (Å²) in [5, 5.41) is 15.7. The molecule has 1 aliphatic rings. The molecule has 0 amide bonds. The van der Waals surface area contributed by atoms with Crippen molar-refractivity contribution in [2.75, 3.05) is 26.3 Å². The molecule has 27 heavy (non-hydrogen) atoms. The van der Waals surface area contributed by atoms with E-state index in [-0.39, 0.29) is 17.8 Å². The van der Waals surface area contributed by atoms with Gasteiger partial charge in [-0.1, -0.05) is 12.8 Å². The molecule has 1 aliphatic carbocycles. The number of ether oxygens (including phenoxy) is 1. The lowest BCUT2D eigenvalue weighted by atomic mass is 9.83. The highest BCUT2D eigenvalue weighted by Crippen LogP contribution is 2.40. The number of nitrogens with zero attached hydrogens (tertiary/aromatic N) is 2. The fourth-order valence-corrected chi connectivity index (χ4v) is 3.62. The van der Waals surface area contributed by atoms with Crippen LogP contribution < -0.4 is 10.6 Å². The summed E-state index contributed by atoms with van der Waals surface area (Å²) in [6.45, 7) is 7.34. The standard InChI is InChI=1S/C21H31FN4O/c1-3-24-20(25-15-18-13-17(14-23)7-8-19(18)22)26-16-21(9-5-6-10-21)11-12-27-4-2/h7-8,13H,3-6,9-12,15-16H2,1-2H3,(H2,24,25,26). The molecule has 0 saturated heterocycles. The van der Waals surface area contributed by atoms with Crippen molar-refractivity contribution in [2.24, 2.45) is 10.4 Å². The van der Waals surface area contributed by atoms with Crippen LogP contribution in [0, 0.1) is 22.6 Å². The van der Waals surface area contributed by atoms with Gasteiger partial charge in [-0.05, 0) is 56.7 Å². The topological polar surface area (TPSA) is 69.4 Å². The van der Waals surface area contributed by atoms with Crippen molar-refractivity contribution in [1.82, 2.24) is 10.6 Å². The number of guanidine groups is 1. The molecule has 0 heterocycles. The van der Waals surface area contributed by atoms with E-state index in [9.17, 15) is 4.39 Å². The molecule has 0 aromatic heterocycles. The molecule has 148 valence electrons. The summed E-state index contributed by atoms with van der Waals surface area (Å²) in [5.41, 5.74) is 1.12. The Hall–Kier alpha value is -2.13. The molecule has 0 radical (unpaired) electrons. The molecule has 5 nitrogen and oxygen atoms in total. The highest BCUT2D eigenvalue weighted by atomic mass is 19.1. The van der Waals surface area contributed by atoms with Crippen molar-refractivity contribution >= 4 is 5.96 Å². The Labute approximate surface area is 162 Å². The Kier molecular flexibility index (Phi) is 8.53. The highest BCUT2D eigenvalue weighted by Gasteiger charge is 2.33. The fraction of sp³-hybridized carbons (Fsp3) is 0.619.